The second-order valence-electron chi connectivity index (χ2n) is 7.52. The molecule has 0 unspecified atom stereocenters. The van der Waals surface area contributed by atoms with E-state index in [-0.39, 0.29) is 12.5 Å². The maximum absolute atomic E-state index is 12.8. The molecule has 3 aromatic carbocycles. The van der Waals surface area contributed by atoms with Crippen LogP contribution < -0.4 is 10.0 Å². The summed E-state index contributed by atoms with van der Waals surface area (Å²) in [5.74, 6) is -0.224. The fraction of sp³-hybridized carbons (Fsp3) is 0.208. The van der Waals surface area contributed by atoms with E-state index < -0.39 is 10.0 Å². The van der Waals surface area contributed by atoms with E-state index in [0.29, 0.717) is 22.0 Å². The first kappa shape index (κ1) is 23.0. The normalized spacial score (nSPS) is 11.4. The summed E-state index contributed by atoms with van der Waals surface area (Å²) in [6.07, 6.45) is 0. The molecule has 0 saturated carbocycles. The number of hydrogen-bond acceptors (Lipinski definition) is 3. The molecule has 7 heteroatoms. The molecule has 1 amide bonds. The highest BCUT2D eigenvalue weighted by Gasteiger charge is 2.19. The first-order chi connectivity index (χ1) is 14.7. The number of sulfonamides is 1. The van der Waals surface area contributed by atoms with Crippen molar-refractivity contribution in [2.45, 2.75) is 38.8 Å². The van der Waals surface area contributed by atoms with Gasteiger partial charge in [0.1, 0.15) is 0 Å². The van der Waals surface area contributed by atoms with Crippen LogP contribution in [0.25, 0.3) is 0 Å². The number of halogens is 1. The van der Waals surface area contributed by atoms with Crippen LogP contribution in [0.3, 0.4) is 0 Å². The highest BCUT2D eigenvalue weighted by Crippen LogP contribution is 2.22. The number of carbonyl (C=O) groups excluding carboxylic acids is 1. The summed E-state index contributed by atoms with van der Waals surface area (Å²) in [6, 6.07) is 17.9. The van der Waals surface area contributed by atoms with Crippen LogP contribution in [0.5, 0.6) is 0 Å². The molecule has 162 valence electrons. The molecule has 0 bridgehead atoms. The predicted molar refractivity (Wildman–Crippen MR) is 124 cm³/mol. The highest BCUT2D eigenvalue weighted by molar-refractivity contribution is 7.89. The number of rotatable bonds is 7. The Bertz CT molecular complexity index is 1180. The van der Waals surface area contributed by atoms with Crippen LogP contribution in [0.1, 0.15) is 38.2 Å². The maximum atomic E-state index is 12.8. The van der Waals surface area contributed by atoms with E-state index >= 15 is 0 Å². The van der Waals surface area contributed by atoms with E-state index in [1.165, 1.54) is 0 Å². The molecule has 0 aliphatic rings. The molecular formula is C24H25ClN2O3S. The summed E-state index contributed by atoms with van der Waals surface area (Å²) in [5.41, 5.74) is 4.55. The lowest BCUT2D eigenvalue weighted by Crippen LogP contribution is -2.25. The molecule has 3 aromatic rings. The minimum atomic E-state index is -3.65. The van der Waals surface area contributed by atoms with Gasteiger partial charge in [0.2, 0.25) is 10.0 Å². The van der Waals surface area contributed by atoms with Gasteiger partial charge >= 0.3 is 0 Å². The third-order valence-corrected chi connectivity index (χ3v) is 7.03. The molecule has 0 aliphatic carbocycles. The average Bonchev–Trinajstić information content (AvgIpc) is 2.71. The summed E-state index contributed by atoms with van der Waals surface area (Å²) in [5, 5.41) is 3.44. The van der Waals surface area contributed by atoms with Gasteiger partial charge in [0.15, 0.2) is 0 Å². The van der Waals surface area contributed by atoms with Gasteiger partial charge in [-0.15, -0.1) is 0 Å². The van der Waals surface area contributed by atoms with E-state index in [1.807, 2.05) is 37.3 Å². The van der Waals surface area contributed by atoms with Crippen molar-refractivity contribution >= 4 is 27.5 Å². The van der Waals surface area contributed by atoms with Gasteiger partial charge in [-0.05, 0) is 61.2 Å². The first-order valence-electron chi connectivity index (χ1n) is 9.85. The van der Waals surface area contributed by atoms with Crippen molar-refractivity contribution in [3.05, 3.63) is 99.1 Å². The Hall–Kier alpha value is -2.67. The molecule has 0 radical (unpaired) electrons. The molecule has 0 aliphatic heterocycles. The van der Waals surface area contributed by atoms with Crippen molar-refractivity contribution in [3.63, 3.8) is 0 Å². The Labute approximate surface area is 188 Å². The van der Waals surface area contributed by atoms with E-state index in [9.17, 15) is 13.2 Å². The second-order valence-corrected chi connectivity index (χ2v) is 9.63. The fourth-order valence-corrected chi connectivity index (χ4v) is 5.20. The Morgan fingerprint density at radius 2 is 1.52 bits per heavy atom. The third kappa shape index (κ3) is 5.73. The fourth-order valence-electron chi connectivity index (χ4n) is 3.53. The van der Waals surface area contributed by atoms with Crippen molar-refractivity contribution in [1.29, 1.82) is 0 Å². The number of aryl methyl sites for hydroxylation is 3. The Morgan fingerprint density at radius 1 is 0.903 bits per heavy atom. The highest BCUT2D eigenvalue weighted by atomic mass is 35.5. The molecule has 0 saturated heterocycles. The Kier molecular flexibility index (Phi) is 7.15. The molecule has 0 spiro atoms. The van der Waals surface area contributed by atoms with Crippen LogP contribution in [0.4, 0.5) is 0 Å². The van der Waals surface area contributed by atoms with Gasteiger partial charge in [-0.25, -0.2) is 13.1 Å². The van der Waals surface area contributed by atoms with Crippen molar-refractivity contribution in [3.8, 4) is 0 Å². The van der Waals surface area contributed by atoms with E-state index in [0.717, 1.165) is 27.8 Å². The summed E-state index contributed by atoms with van der Waals surface area (Å²) >= 11 is 6.11. The zero-order valence-corrected chi connectivity index (χ0v) is 19.3. The molecular weight excluding hydrogens is 432 g/mol. The number of hydrogen-bond donors (Lipinski definition) is 2. The van der Waals surface area contributed by atoms with Crippen molar-refractivity contribution in [2.24, 2.45) is 0 Å². The Balaban J connectivity index is 1.63. The van der Waals surface area contributed by atoms with Crippen LogP contribution >= 0.6 is 11.6 Å². The lowest BCUT2D eigenvalue weighted by atomic mass is 10.1. The maximum Gasteiger partial charge on any atom is 0.251 e. The quantitative estimate of drug-likeness (QED) is 0.542. The van der Waals surface area contributed by atoms with Crippen LogP contribution in [0.2, 0.25) is 5.02 Å². The second kappa shape index (κ2) is 9.64. The van der Waals surface area contributed by atoms with Gasteiger partial charge in [0.05, 0.1) is 4.90 Å². The molecule has 3 rings (SSSR count). The molecule has 0 aromatic heterocycles. The van der Waals surface area contributed by atoms with Crippen molar-refractivity contribution < 1.29 is 13.2 Å². The van der Waals surface area contributed by atoms with Crippen LogP contribution in [-0.2, 0) is 23.1 Å². The molecule has 2 N–H and O–H groups in total. The van der Waals surface area contributed by atoms with Gasteiger partial charge in [-0.1, -0.05) is 59.6 Å². The minimum absolute atomic E-state index is 0.136. The average molecular weight is 457 g/mol. The SMILES string of the molecule is Cc1cc(C)c(S(=O)(=O)NCc2ccc(C(=O)NCc3ccccc3Cl)cc2)c(C)c1. The van der Waals surface area contributed by atoms with Crippen LogP contribution in [0.15, 0.2) is 65.6 Å². The number of benzene rings is 3. The molecule has 0 heterocycles. The summed E-state index contributed by atoms with van der Waals surface area (Å²) < 4.78 is 28.2. The number of amides is 1. The van der Waals surface area contributed by atoms with Gasteiger partial charge in [-0.2, -0.15) is 0 Å². The molecule has 5 nitrogen and oxygen atoms in total. The van der Waals surface area contributed by atoms with Crippen molar-refractivity contribution in [2.75, 3.05) is 0 Å². The van der Waals surface area contributed by atoms with E-state index in [2.05, 4.69) is 10.0 Å². The monoisotopic (exact) mass is 456 g/mol. The lowest BCUT2D eigenvalue weighted by molar-refractivity contribution is 0.0951. The van der Waals surface area contributed by atoms with Gasteiger partial charge in [-0.3, -0.25) is 4.79 Å². The number of carbonyl (C=O) groups is 1. The molecule has 31 heavy (non-hydrogen) atoms. The van der Waals surface area contributed by atoms with Crippen LogP contribution in [-0.4, -0.2) is 14.3 Å². The third-order valence-electron chi connectivity index (χ3n) is 4.95. The zero-order chi connectivity index (χ0) is 22.6. The van der Waals surface area contributed by atoms with Gasteiger partial charge < -0.3 is 5.32 Å². The Morgan fingerprint density at radius 3 is 2.13 bits per heavy atom. The smallest absolute Gasteiger partial charge is 0.251 e. The van der Waals surface area contributed by atoms with Gasteiger partial charge in [0, 0.05) is 23.7 Å². The first-order valence-corrected chi connectivity index (χ1v) is 11.7. The topological polar surface area (TPSA) is 75.3 Å². The van der Waals surface area contributed by atoms with E-state index in [1.54, 1.807) is 44.2 Å². The zero-order valence-electron chi connectivity index (χ0n) is 17.7. The lowest BCUT2D eigenvalue weighted by Gasteiger charge is -2.13. The molecule has 0 fully saturated rings. The summed E-state index contributed by atoms with van der Waals surface area (Å²) in [6.45, 7) is 6.00. The summed E-state index contributed by atoms with van der Waals surface area (Å²) in [4.78, 5) is 12.7. The summed E-state index contributed by atoms with van der Waals surface area (Å²) in [7, 11) is -3.65. The minimum Gasteiger partial charge on any atom is -0.348 e. The van der Waals surface area contributed by atoms with Gasteiger partial charge in [0.25, 0.3) is 5.91 Å². The predicted octanol–water partition coefficient (Wildman–Crippen LogP) is 4.67. The number of nitrogens with one attached hydrogen (secondary N) is 2. The largest absolute Gasteiger partial charge is 0.348 e. The van der Waals surface area contributed by atoms with Crippen molar-refractivity contribution in [1.82, 2.24) is 10.0 Å². The standard InChI is InChI=1S/C24H25ClN2O3S/c1-16-12-17(2)23(18(3)13-16)31(29,30)27-14-19-8-10-20(11-9-19)24(28)26-15-21-6-4-5-7-22(21)25/h4-13,27H,14-15H2,1-3H3,(H,26,28). The van der Waals surface area contributed by atoms with Crippen LogP contribution in [0, 0.1) is 20.8 Å². The molecule has 0 atom stereocenters. The van der Waals surface area contributed by atoms with E-state index in [4.69, 9.17) is 11.6 Å².